The number of hydrogen-bond acceptors (Lipinski definition) is 7. The van der Waals surface area contributed by atoms with Crippen molar-refractivity contribution in [1.82, 2.24) is 10.4 Å². The number of aliphatic hydroxyl groups is 1. The summed E-state index contributed by atoms with van der Waals surface area (Å²) in [6.45, 7) is 2.89. The van der Waals surface area contributed by atoms with Gasteiger partial charge >= 0.3 is 0 Å². The molecule has 236 valence electrons. The molecule has 0 spiro atoms. The van der Waals surface area contributed by atoms with Gasteiger partial charge in [0.05, 0.1) is 18.8 Å². The van der Waals surface area contributed by atoms with Gasteiger partial charge in [-0.05, 0) is 66.1 Å². The summed E-state index contributed by atoms with van der Waals surface area (Å²) in [5.41, 5.74) is 6.14. The van der Waals surface area contributed by atoms with Gasteiger partial charge in [0.2, 0.25) is 11.8 Å². The number of fused-ring (bicyclic) bond motifs is 1. The summed E-state index contributed by atoms with van der Waals surface area (Å²) in [5, 5.41) is 23.4. The van der Waals surface area contributed by atoms with Crippen LogP contribution in [0.15, 0.2) is 91.0 Å². The van der Waals surface area contributed by atoms with Crippen LogP contribution in [0.2, 0.25) is 0 Å². The maximum Gasteiger partial charge on any atom is 0.243 e. The van der Waals surface area contributed by atoms with Gasteiger partial charge in [0.1, 0.15) is 0 Å². The van der Waals surface area contributed by atoms with Crippen LogP contribution in [0, 0.1) is 0 Å². The molecule has 9 heteroatoms. The number of anilines is 1. The first kappa shape index (κ1) is 32.3. The number of ether oxygens (including phenoxy) is 2. The highest BCUT2D eigenvalue weighted by molar-refractivity contribution is 5.91. The van der Waals surface area contributed by atoms with E-state index < -0.39 is 12.2 Å². The smallest absolute Gasteiger partial charge is 0.243 e. The van der Waals surface area contributed by atoms with Crippen molar-refractivity contribution in [2.75, 3.05) is 18.9 Å². The summed E-state index contributed by atoms with van der Waals surface area (Å²) < 4.78 is 13.0. The Labute approximate surface area is 263 Å². The molecule has 0 aliphatic carbocycles. The normalized spacial score (nSPS) is 18.9. The van der Waals surface area contributed by atoms with Crippen LogP contribution in [-0.4, -0.2) is 46.7 Å². The summed E-state index contributed by atoms with van der Waals surface area (Å²) >= 11 is 0. The van der Waals surface area contributed by atoms with E-state index in [2.05, 4.69) is 66.7 Å². The molecule has 2 amide bonds. The number of aliphatic hydroxyl groups excluding tert-OH is 1. The van der Waals surface area contributed by atoms with Gasteiger partial charge in [-0.1, -0.05) is 72.8 Å². The zero-order valence-corrected chi connectivity index (χ0v) is 25.7. The molecular formula is C36H41N3O6. The Morgan fingerprint density at radius 3 is 2.29 bits per heavy atom. The molecule has 0 saturated carbocycles. The summed E-state index contributed by atoms with van der Waals surface area (Å²) in [4.78, 5) is 25.8. The number of nitrogens with one attached hydrogen (secondary N) is 2. The fourth-order valence-corrected chi connectivity index (χ4v) is 5.65. The fourth-order valence-electron chi connectivity index (χ4n) is 5.65. The van der Waals surface area contributed by atoms with Gasteiger partial charge in [-0.25, -0.2) is 5.48 Å². The summed E-state index contributed by atoms with van der Waals surface area (Å²) in [6.07, 6.45) is 0.296. The van der Waals surface area contributed by atoms with Crippen molar-refractivity contribution in [2.45, 2.75) is 63.8 Å². The van der Waals surface area contributed by atoms with Crippen LogP contribution < -0.4 is 10.8 Å². The van der Waals surface area contributed by atoms with Gasteiger partial charge in [-0.15, -0.1) is 0 Å². The molecule has 5 rings (SSSR count). The molecule has 4 N–H and O–H groups in total. The fraction of sp³-hybridized carbons (Fsp3) is 0.333. The zero-order chi connectivity index (χ0) is 31.8. The van der Waals surface area contributed by atoms with Crippen LogP contribution in [0.5, 0.6) is 0 Å². The molecule has 0 bridgehead atoms. The van der Waals surface area contributed by atoms with Crippen LogP contribution >= 0.6 is 0 Å². The Morgan fingerprint density at radius 2 is 1.58 bits per heavy atom. The molecule has 1 saturated heterocycles. The maximum absolute atomic E-state index is 12.3. The first-order valence-electron chi connectivity index (χ1n) is 15.3. The van der Waals surface area contributed by atoms with Crippen molar-refractivity contribution < 1.29 is 29.4 Å². The average molecular weight is 612 g/mol. The van der Waals surface area contributed by atoms with E-state index in [-0.39, 0.29) is 43.6 Å². The Balaban J connectivity index is 1.28. The minimum Gasteiger partial charge on any atom is -0.392 e. The summed E-state index contributed by atoms with van der Waals surface area (Å²) in [6, 6.07) is 30.4. The molecule has 4 aromatic carbocycles. The average Bonchev–Trinajstić information content (AvgIpc) is 3.07. The number of likely N-dealkylation sites (N-methyl/N-ethyl adjacent to an activating group) is 1. The predicted molar refractivity (Wildman–Crippen MR) is 172 cm³/mol. The molecule has 0 aromatic heterocycles. The Morgan fingerprint density at radius 1 is 0.889 bits per heavy atom. The van der Waals surface area contributed by atoms with Crippen LogP contribution in [-0.2, 0) is 25.7 Å². The van der Waals surface area contributed by atoms with E-state index in [9.17, 15) is 14.7 Å². The lowest BCUT2D eigenvalue weighted by Gasteiger charge is -2.39. The topological polar surface area (TPSA) is 120 Å². The zero-order valence-electron chi connectivity index (χ0n) is 25.7. The number of benzene rings is 4. The molecule has 9 nitrogen and oxygen atoms in total. The summed E-state index contributed by atoms with van der Waals surface area (Å²) in [7, 11) is 2.12. The van der Waals surface area contributed by atoms with E-state index in [1.165, 1.54) is 16.3 Å². The van der Waals surface area contributed by atoms with Gasteiger partial charge in [0.15, 0.2) is 6.29 Å². The van der Waals surface area contributed by atoms with Gasteiger partial charge in [-0.3, -0.25) is 19.7 Å². The molecule has 4 aromatic rings. The number of rotatable bonds is 12. The van der Waals surface area contributed by atoms with Gasteiger partial charge < -0.3 is 19.9 Å². The number of amides is 2. The molecule has 1 heterocycles. The first-order chi connectivity index (χ1) is 21.8. The predicted octanol–water partition coefficient (Wildman–Crippen LogP) is 6.18. The number of hydrogen-bond donors (Lipinski definition) is 4. The minimum atomic E-state index is -0.614. The number of carbonyl (C=O) groups is 2. The van der Waals surface area contributed by atoms with Crippen LogP contribution in [0.4, 0.5) is 5.69 Å². The van der Waals surface area contributed by atoms with Gasteiger partial charge in [0, 0.05) is 43.1 Å². The summed E-state index contributed by atoms with van der Waals surface area (Å²) in [5.74, 6) is -0.733. The largest absolute Gasteiger partial charge is 0.392 e. The SMILES string of the molecule is CC(c1ccc2ccccc2c1)N(C)CC1CC(c2ccc(CO)cc2)OC(c2ccc(NC(=O)CCCC(=O)NO)cc2)O1. The number of hydroxylamine groups is 1. The Bertz CT molecular complexity index is 1580. The lowest BCUT2D eigenvalue weighted by atomic mass is 9.98. The van der Waals surface area contributed by atoms with Crippen molar-refractivity contribution in [3.05, 3.63) is 113 Å². The second-order valence-electron chi connectivity index (χ2n) is 11.6. The Hall–Kier alpha value is -4.12. The monoisotopic (exact) mass is 611 g/mol. The highest BCUT2D eigenvalue weighted by atomic mass is 16.7. The second kappa shape index (κ2) is 15.2. The van der Waals surface area contributed by atoms with Gasteiger partial charge in [-0.2, -0.15) is 0 Å². The van der Waals surface area contributed by atoms with E-state index in [0.717, 1.165) is 16.7 Å². The van der Waals surface area contributed by atoms with Crippen molar-refractivity contribution in [3.8, 4) is 0 Å². The van der Waals surface area contributed by atoms with Crippen molar-refractivity contribution in [1.29, 1.82) is 0 Å². The molecule has 1 aliphatic heterocycles. The third kappa shape index (κ3) is 8.54. The molecule has 4 unspecified atom stereocenters. The van der Waals surface area contributed by atoms with Crippen LogP contribution in [0.1, 0.15) is 73.3 Å². The highest BCUT2D eigenvalue weighted by Crippen LogP contribution is 2.39. The third-order valence-corrected chi connectivity index (χ3v) is 8.42. The molecule has 45 heavy (non-hydrogen) atoms. The number of carbonyl (C=O) groups excluding carboxylic acids is 2. The maximum atomic E-state index is 12.3. The van der Waals surface area contributed by atoms with Crippen molar-refractivity contribution in [2.24, 2.45) is 0 Å². The molecule has 1 fully saturated rings. The van der Waals surface area contributed by atoms with Gasteiger partial charge in [0.25, 0.3) is 0 Å². The lowest BCUT2D eigenvalue weighted by molar-refractivity contribution is -0.253. The molecule has 0 radical (unpaired) electrons. The minimum absolute atomic E-state index is 0.0154. The van der Waals surface area contributed by atoms with E-state index in [0.29, 0.717) is 25.1 Å². The molecular weight excluding hydrogens is 570 g/mol. The molecule has 1 aliphatic rings. The third-order valence-electron chi connectivity index (χ3n) is 8.42. The van der Waals surface area contributed by atoms with Crippen LogP contribution in [0.25, 0.3) is 10.8 Å². The Kier molecular flexibility index (Phi) is 10.9. The van der Waals surface area contributed by atoms with Crippen molar-refractivity contribution in [3.63, 3.8) is 0 Å². The highest BCUT2D eigenvalue weighted by Gasteiger charge is 2.33. The van der Waals surface area contributed by atoms with E-state index in [4.69, 9.17) is 14.7 Å². The van der Waals surface area contributed by atoms with E-state index in [1.807, 2.05) is 48.5 Å². The van der Waals surface area contributed by atoms with E-state index >= 15 is 0 Å². The standard InChI is InChI=1S/C36H41N3O6/c1-24(29-15-14-26-6-3-4-7-30(26)20-29)39(2)22-32-21-33(27-12-10-25(23-40)11-13-27)45-36(44-32)28-16-18-31(19-17-28)37-34(41)8-5-9-35(42)38-43/h3-4,6-7,10-20,24,32-33,36,40,43H,5,8-9,21-23H2,1-2H3,(H,37,41)(H,38,42). The van der Waals surface area contributed by atoms with Crippen LogP contribution in [0.3, 0.4) is 0 Å². The van der Waals surface area contributed by atoms with Crippen molar-refractivity contribution >= 4 is 28.3 Å². The number of nitrogens with zero attached hydrogens (tertiary/aromatic N) is 1. The quantitative estimate of drug-likeness (QED) is 0.111. The lowest BCUT2D eigenvalue weighted by Crippen LogP contribution is -2.38. The van der Waals surface area contributed by atoms with E-state index in [1.54, 1.807) is 5.48 Å². The first-order valence-corrected chi connectivity index (χ1v) is 15.3. The molecule has 4 atom stereocenters. The second-order valence-corrected chi connectivity index (χ2v) is 11.6.